The molecule has 40 nitrogen and oxygen atoms in total. The summed E-state index contributed by atoms with van der Waals surface area (Å²) in [5.41, 5.74) is -4.49. The molecule has 0 bridgehead atoms. The molecule has 0 spiro atoms. The SMILES string of the molecule is CC(C)(C(=O)O)C(=O)O.CCC(CC)(C(=O)O)C(=O)O.O=C(O)C(=C/C=C/c1ccccc1)C(=O)O.O=C(O)C1(C(=O)O)CCC1.O=C(O)CC(=O)O.O=C(O)CCCCCC(=O)O.O=C(O)CCCCCCC(=O)O.O=C(O)CCCCCCCCCCCCC(=O)O.O=C(O)CCCCCCCCCCCCCCC(=O)O.O=C(O)CSC1(SCC(=O)O)CCCCC1. The molecule has 0 saturated heterocycles. The van der Waals surface area contributed by atoms with E-state index in [1.54, 1.807) is 19.9 Å². The van der Waals surface area contributed by atoms with Crippen molar-refractivity contribution in [2.24, 2.45) is 16.2 Å². The third-order valence-corrected chi connectivity index (χ3v) is 22.5. The number of carboxylic acids is 20. The first-order chi connectivity index (χ1) is 60.8. The summed E-state index contributed by atoms with van der Waals surface area (Å²) in [6.07, 6.45) is 40.7. The quantitative estimate of drug-likeness (QED) is 0.00719. The Kier molecular flexibility index (Phi) is 84.6. The predicted molar refractivity (Wildman–Crippen MR) is 476 cm³/mol. The fourth-order valence-electron chi connectivity index (χ4n) is 11.0. The van der Waals surface area contributed by atoms with E-state index in [0.29, 0.717) is 64.2 Å². The molecule has 0 aliphatic heterocycles. The van der Waals surface area contributed by atoms with Gasteiger partial charge in [-0.05, 0) is 122 Å². The van der Waals surface area contributed by atoms with Crippen LogP contribution in [0.5, 0.6) is 0 Å². The maximum absolute atomic E-state index is 10.6. The Morgan fingerprint density at radius 1 is 0.300 bits per heavy atom. The average molecular weight is 1900 g/mol. The Morgan fingerprint density at radius 2 is 0.538 bits per heavy atom. The van der Waals surface area contributed by atoms with Crippen LogP contribution in [0.15, 0.2) is 48.1 Å². The zero-order valence-corrected chi connectivity index (χ0v) is 76.5. The summed E-state index contributed by atoms with van der Waals surface area (Å²) < 4.78 is -0.185. The lowest BCUT2D eigenvalue weighted by Crippen LogP contribution is -2.44. The number of allylic oxidation sites excluding steroid dienone is 2. The Bertz CT molecular complexity index is 3370. The van der Waals surface area contributed by atoms with E-state index in [1.165, 1.54) is 100 Å². The number of unbranched alkanes of at least 4 members (excludes halogenated alkanes) is 25. The molecule has 20 N–H and O–H groups in total. The predicted octanol–water partition coefficient (Wildman–Crippen LogP) is 16.1. The molecule has 0 amide bonds. The molecule has 0 unspecified atom stereocenters. The van der Waals surface area contributed by atoms with Crippen molar-refractivity contribution in [2.45, 2.75) is 340 Å². The van der Waals surface area contributed by atoms with Crippen LogP contribution in [0, 0.1) is 16.2 Å². The van der Waals surface area contributed by atoms with Gasteiger partial charge in [0, 0.05) is 51.4 Å². The van der Waals surface area contributed by atoms with Gasteiger partial charge in [-0.3, -0.25) is 86.3 Å². The lowest BCUT2D eigenvalue weighted by molar-refractivity contribution is -0.172. The highest BCUT2D eigenvalue weighted by molar-refractivity contribution is 8.18. The van der Waals surface area contributed by atoms with Crippen molar-refractivity contribution in [3.8, 4) is 0 Å². The highest BCUT2D eigenvalue weighted by Gasteiger charge is 2.51. The highest BCUT2D eigenvalue weighted by atomic mass is 32.2. The van der Waals surface area contributed by atoms with E-state index in [4.69, 9.17) is 102 Å². The van der Waals surface area contributed by atoms with Crippen LogP contribution in [0.3, 0.4) is 0 Å². The van der Waals surface area contributed by atoms with Crippen LogP contribution in [0.1, 0.15) is 341 Å². The van der Waals surface area contributed by atoms with E-state index in [-0.39, 0.29) is 67.0 Å². The summed E-state index contributed by atoms with van der Waals surface area (Å²) in [5, 5.41) is 167. The number of aliphatic carboxylic acids is 20. The summed E-state index contributed by atoms with van der Waals surface area (Å²) in [6, 6.07) is 9.17. The van der Waals surface area contributed by atoms with Crippen molar-refractivity contribution >= 4 is 149 Å². The zero-order chi connectivity index (χ0) is 101. The van der Waals surface area contributed by atoms with Crippen LogP contribution in [-0.2, 0) is 95.9 Å². The maximum Gasteiger partial charge on any atom is 0.343 e. The number of rotatable bonds is 61. The van der Waals surface area contributed by atoms with E-state index < -0.39 is 148 Å². The molecule has 1 aromatic carbocycles. The molecule has 2 aliphatic rings. The molecule has 1 aromatic rings. The summed E-state index contributed by atoms with van der Waals surface area (Å²) in [7, 11) is 0. The molecule has 0 aromatic heterocycles. The third kappa shape index (κ3) is 84.9. The van der Waals surface area contributed by atoms with Gasteiger partial charge in [0.15, 0.2) is 16.2 Å². The molecule has 2 saturated carbocycles. The van der Waals surface area contributed by atoms with Gasteiger partial charge in [-0.25, -0.2) is 9.59 Å². The van der Waals surface area contributed by atoms with Crippen molar-refractivity contribution in [1.82, 2.24) is 0 Å². The van der Waals surface area contributed by atoms with Crippen LogP contribution < -0.4 is 0 Å². The van der Waals surface area contributed by atoms with Gasteiger partial charge in [0.2, 0.25) is 0 Å². The van der Waals surface area contributed by atoms with Gasteiger partial charge in [-0.15, -0.1) is 23.5 Å². The van der Waals surface area contributed by atoms with E-state index in [2.05, 4.69) is 0 Å². The zero-order valence-electron chi connectivity index (χ0n) is 74.9. The lowest BCUT2D eigenvalue weighted by atomic mass is 9.69. The second kappa shape index (κ2) is 83.4. The fraction of sp³-hybridized carbons (Fsp3) is 0.659. The molecular formula is C88H140O40S2. The topological polar surface area (TPSA) is 746 Å². The molecule has 744 valence electrons. The molecule has 130 heavy (non-hydrogen) atoms. The molecule has 3 rings (SSSR count). The van der Waals surface area contributed by atoms with E-state index in [0.717, 1.165) is 141 Å². The summed E-state index contributed by atoms with van der Waals surface area (Å²) >= 11 is 2.79. The largest absolute Gasteiger partial charge is 0.481 e. The molecular weight excluding hydrogens is 1760 g/mol. The van der Waals surface area contributed by atoms with Crippen LogP contribution >= 0.6 is 23.5 Å². The third-order valence-electron chi connectivity index (χ3n) is 19.1. The van der Waals surface area contributed by atoms with Crippen molar-refractivity contribution < 1.29 is 198 Å². The number of hydrogen-bond donors (Lipinski definition) is 20. The average Bonchev–Trinajstić information content (AvgIpc) is 0.789. The molecule has 0 heterocycles. The number of hydrogen-bond acceptors (Lipinski definition) is 22. The number of benzene rings is 1. The minimum Gasteiger partial charge on any atom is -0.481 e. The first-order valence-corrected chi connectivity index (χ1v) is 44.9. The molecule has 2 aliphatic carbocycles. The second-order valence-corrected chi connectivity index (χ2v) is 33.3. The van der Waals surface area contributed by atoms with Gasteiger partial charge in [0.25, 0.3) is 0 Å². The maximum atomic E-state index is 10.6. The first-order valence-electron chi connectivity index (χ1n) is 43.0. The smallest absolute Gasteiger partial charge is 0.343 e. The molecule has 0 radical (unpaired) electrons. The normalized spacial score (nSPS) is 12.1. The number of thioether (sulfide) groups is 2. The Balaban J connectivity index is -0.000000262. The van der Waals surface area contributed by atoms with Gasteiger partial charge in [0.1, 0.15) is 12.0 Å². The Morgan fingerprint density at radius 3 is 0.685 bits per heavy atom. The molecule has 42 heteroatoms. The molecule has 2 fully saturated rings. The van der Waals surface area contributed by atoms with E-state index in [9.17, 15) is 95.9 Å². The van der Waals surface area contributed by atoms with E-state index >= 15 is 0 Å². The van der Waals surface area contributed by atoms with Gasteiger partial charge in [-0.1, -0.05) is 210 Å². The van der Waals surface area contributed by atoms with Crippen LogP contribution in [0.4, 0.5) is 0 Å². The summed E-state index contributed by atoms with van der Waals surface area (Å²) in [6.45, 7) is 5.40. The van der Waals surface area contributed by atoms with Crippen molar-refractivity contribution in [1.29, 1.82) is 0 Å². The van der Waals surface area contributed by atoms with Crippen LogP contribution in [0.2, 0.25) is 0 Å². The van der Waals surface area contributed by atoms with Gasteiger partial charge in [-0.2, -0.15) is 0 Å². The summed E-state index contributed by atoms with van der Waals surface area (Å²) in [4.78, 5) is 204. The Hall–Kier alpha value is -11.2. The lowest BCUT2D eigenvalue weighted by Gasteiger charge is -2.35. The van der Waals surface area contributed by atoms with Crippen LogP contribution in [-0.4, -0.2) is 237 Å². The number of carbonyl (C=O) groups is 20. The minimum atomic E-state index is -1.67. The second-order valence-electron chi connectivity index (χ2n) is 30.3. The van der Waals surface area contributed by atoms with Gasteiger partial charge in [0.05, 0.1) is 15.6 Å². The molecule has 0 atom stereocenters. The standard InChI is InChI=1S/C16H30O4.C14H26O4.C12H10O4.C10H16O4S2.C8H14O4.2C7H12O4.C6H8O4.C5H8O4.C3H4O4/c17-15(18)13-11-9-7-5-3-1-2-4-6-8-10-12-14-16(19)20;15-13(16)11-9-7-5-3-1-2-4-6-8-10-12-14(17)18;13-11(14)10(12(15)16)8-4-7-9-5-2-1-3-6-9;11-8(12)6-15-10(16-7-9(13)14)4-2-1-3-5-10;9-7(10)5-3-1-2-4-6-8(11)12;1-3-7(4-2,5(8)9)6(10)11;8-6(9)4-2-1-3-5-7(10)11;7-4(8)6(5(9)10)2-1-3-6;1-5(2,3(6)7)4(8)9;4-2(5)1-3(6)7/h1-14H2,(H,17,18)(H,19,20);1-12H2,(H,15,16)(H,17,18);1-8H,(H,13,14)(H,15,16);1-7H2,(H,11,12)(H,13,14);1-6H2,(H,9,10)(H,11,12);3-4H2,1-2H3,(H,8,9)(H,10,11);1-5H2,(H,8,9)(H,10,11);1-3H2,(H,7,8)(H,9,10);1-2H3,(H,6,7)(H,8,9);1H2,(H,4,5)(H,6,7)/b;;7-4+;;;;;;;. The number of carboxylic acid groups (broad SMARTS) is 20. The van der Waals surface area contributed by atoms with E-state index in [1.807, 2.05) is 30.3 Å². The minimum absolute atomic E-state index is 0.0621. The van der Waals surface area contributed by atoms with Crippen molar-refractivity contribution in [2.75, 3.05) is 11.5 Å². The first kappa shape index (κ1) is 132. The Labute approximate surface area is 764 Å². The van der Waals surface area contributed by atoms with Crippen molar-refractivity contribution in [3.05, 3.63) is 53.6 Å². The van der Waals surface area contributed by atoms with Gasteiger partial charge >= 0.3 is 119 Å². The summed E-state index contributed by atoms with van der Waals surface area (Å²) in [5.74, 6) is -20.6. The highest BCUT2D eigenvalue weighted by Crippen LogP contribution is 2.48. The van der Waals surface area contributed by atoms with Crippen LogP contribution in [0.25, 0.3) is 6.08 Å². The van der Waals surface area contributed by atoms with Crippen molar-refractivity contribution in [3.63, 3.8) is 0 Å². The van der Waals surface area contributed by atoms with Gasteiger partial charge < -0.3 is 102 Å². The monoisotopic (exact) mass is 1900 g/mol. The fourth-order valence-corrected chi connectivity index (χ4v) is 13.6.